The van der Waals surface area contributed by atoms with Gasteiger partial charge in [0.25, 0.3) is 5.91 Å². The molecule has 0 saturated carbocycles. The number of nitrogens with zero attached hydrogens (tertiary/aromatic N) is 2. The summed E-state index contributed by atoms with van der Waals surface area (Å²) < 4.78 is 31.9. The van der Waals surface area contributed by atoms with Crippen LogP contribution in [-0.2, 0) is 10.0 Å². The molecule has 1 aliphatic heterocycles. The second-order valence-electron chi connectivity index (χ2n) is 5.61. The Hall–Kier alpha value is -1.83. The number of amides is 1. The first kappa shape index (κ1) is 17.0. The van der Waals surface area contributed by atoms with Crippen molar-refractivity contribution in [2.24, 2.45) is 0 Å². The van der Waals surface area contributed by atoms with Gasteiger partial charge in [0.2, 0.25) is 10.0 Å². The van der Waals surface area contributed by atoms with Crippen molar-refractivity contribution in [2.45, 2.75) is 11.8 Å². The summed E-state index contributed by atoms with van der Waals surface area (Å²) in [5.41, 5.74) is 0.896. The summed E-state index contributed by atoms with van der Waals surface area (Å²) in [7, 11) is -3.67. The van der Waals surface area contributed by atoms with Gasteiger partial charge in [-0.15, -0.1) is 0 Å². The molecule has 8 heteroatoms. The number of hydrogen-bond acceptors (Lipinski definition) is 4. The minimum Gasteiger partial charge on any atom is -0.459 e. The maximum Gasteiger partial charge on any atom is 0.289 e. The van der Waals surface area contributed by atoms with E-state index >= 15 is 0 Å². The normalized spacial score (nSPS) is 16.3. The van der Waals surface area contributed by atoms with Crippen molar-refractivity contribution in [1.82, 2.24) is 9.21 Å². The molecular weight excluding hydrogens is 352 g/mol. The standard InChI is InChI=1S/C16H17ClN2O4S/c1-12-4-5-15(13(17)11-12)24(21,22)19-8-6-18(7-9-19)16(20)14-3-2-10-23-14/h2-5,10-11H,6-9H2,1H3. The van der Waals surface area contributed by atoms with Gasteiger partial charge >= 0.3 is 0 Å². The lowest BCUT2D eigenvalue weighted by Gasteiger charge is -2.33. The van der Waals surface area contributed by atoms with Crippen molar-refractivity contribution in [3.63, 3.8) is 0 Å². The van der Waals surface area contributed by atoms with Crippen molar-refractivity contribution >= 4 is 27.5 Å². The van der Waals surface area contributed by atoms with E-state index in [1.54, 1.807) is 29.2 Å². The van der Waals surface area contributed by atoms with Crippen LogP contribution >= 0.6 is 11.6 Å². The van der Waals surface area contributed by atoms with Gasteiger partial charge in [0.05, 0.1) is 11.3 Å². The van der Waals surface area contributed by atoms with Gasteiger partial charge < -0.3 is 9.32 Å². The first-order chi connectivity index (χ1) is 11.4. The average molecular weight is 369 g/mol. The molecule has 0 unspecified atom stereocenters. The van der Waals surface area contributed by atoms with Crippen molar-refractivity contribution in [3.05, 3.63) is 52.9 Å². The third kappa shape index (κ3) is 3.19. The topological polar surface area (TPSA) is 70.8 Å². The minimum atomic E-state index is -3.67. The van der Waals surface area contributed by atoms with Crippen molar-refractivity contribution < 1.29 is 17.6 Å². The molecule has 0 bridgehead atoms. The van der Waals surface area contributed by atoms with E-state index < -0.39 is 10.0 Å². The highest BCUT2D eigenvalue weighted by atomic mass is 35.5. The molecule has 1 aromatic heterocycles. The van der Waals surface area contributed by atoms with E-state index in [-0.39, 0.29) is 34.7 Å². The first-order valence-electron chi connectivity index (χ1n) is 7.48. The van der Waals surface area contributed by atoms with Crippen LogP contribution in [0, 0.1) is 6.92 Å². The molecule has 1 aliphatic rings. The van der Waals surface area contributed by atoms with Gasteiger partial charge in [-0.1, -0.05) is 17.7 Å². The molecule has 6 nitrogen and oxygen atoms in total. The number of hydrogen-bond donors (Lipinski definition) is 0. The molecule has 1 saturated heterocycles. The Morgan fingerprint density at radius 1 is 1.17 bits per heavy atom. The van der Waals surface area contributed by atoms with Crippen LogP contribution in [0.2, 0.25) is 5.02 Å². The highest BCUT2D eigenvalue weighted by molar-refractivity contribution is 7.89. The lowest BCUT2D eigenvalue weighted by molar-refractivity contribution is 0.0666. The number of rotatable bonds is 3. The number of benzene rings is 1. The SMILES string of the molecule is Cc1ccc(S(=O)(=O)N2CCN(C(=O)c3ccco3)CC2)c(Cl)c1. The van der Waals surface area contributed by atoms with Crippen LogP contribution in [0.5, 0.6) is 0 Å². The van der Waals surface area contributed by atoms with Crippen molar-refractivity contribution in [1.29, 1.82) is 0 Å². The van der Waals surface area contributed by atoms with Gasteiger partial charge in [0.15, 0.2) is 5.76 Å². The number of halogens is 1. The zero-order valence-corrected chi connectivity index (χ0v) is 14.7. The summed E-state index contributed by atoms with van der Waals surface area (Å²) in [6, 6.07) is 8.11. The zero-order chi connectivity index (χ0) is 17.3. The van der Waals surface area contributed by atoms with Crippen molar-refractivity contribution in [3.8, 4) is 0 Å². The molecular formula is C16H17ClN2O4S. The summed E-state index contributed by atoms with van der Waals surface area (Å²) in [6.07, 6.45) is 1.44. The smallest absolute Gasteiger partial charge is 0.289 e. The predicted molar refractivity (Wildman–Crippen MR) is 89.6 cm³/mol. The van der Waals surface area contributed by atoms with Gasteiger partial charge in [-0.3, -0.25) is 4.79 Å². The fourth-order valence-corrected chi connectivity index (χ4v) is 4.64. The monoisotopic (exact) mass is 368 g/mol. The Kier molecular flexibility index (Phi) is 4.67. The summed E-state index contributed by atoms with van der Waals surface area (Å²) in [5.74, 6) is 0.0262. The molecule has 0 N–H and O–H groups in total. The zero-order valence-electron chi connectivity index (χ0n) is 13.1. The Balaban J connectivity index is 1.73. The van der Waals surface area contributed by atoms with E-state index in [0.717, 1.165) is 5.56 Å². The Labute approximate surface area is 145 Å². The molecule has 2 heterocycles. The van der Waals surface area contributed by atoms with Crippen molar-refractivity contribution in [2.75, 3.05) is 26.2 Å². The Morgan fingerprint density at radius 3 is 2.46 bits per heavy atom. The molecule has 3 rings (SSSR count). The maximum absolute atomic E-state index is 12.7. The van der Waals surface area contributed by atoms with Gasteiger partial charge in [-0.05, 0) is 36.8 Å². The number of carbonyl (C=O) groups is 1. The van der Waals surface area contributed by atoms with E-state index in [2.05, 4.69) is 0 Å². The molecule has 2 aromatic rings. The van der Waals surface area contributed by atoms with Gasteiger partial charge in [-0.2, -0.15) is 4.31 Å². The fraction of sp³-hybridized carbons (Fsp3) is 0.312. The maximum atomic E-state index is 12.7. The molecule has 24 heavy (non-hydrogen) atoms. The van der Waals surface area contributed by atoms with E-state index in [9.17, 15) is 13.2 Å². The third-order valence-electron chi connectivity index (χ3n) is 3.96. The summed E-state index contributed by atoms with van der Waals surface area (Å²) in [4.78, 5) is 13.9. The van der Waals surface area contributed by atoms with Gasteiger partial charge in [0, 0.05) is 26.2 Å². The predicted octanol–water partition coefficient (Wildman–Crippen LogP) is 2.39. The second-order valence-corrected chi connectivity index (χ2v) is 7.92. The molecule has 1 fully saturated rings. The quantitative estimate of drug-likeness (QED) is 0.834. The van der Waals surface area contributed by atoms with Crippen LogP contribution < -0.4 is 0 Å². The number of carbonyl (C=O) groups excluding carboxylic acids is 1. The number of aryl methyl sites for hydroxylation is 1. The van der Waals surface area contributed by atoms with Crippen LogP contribution in [0.15, 0.2) is 45.9 Å². The average Bonchev–Trinajstić information content (AvgIpc) is 3.08. The van der Waals surface area contributed by atoms with E-state index in [1.807, 2.05) is 6.92 Å². The van der Waals surface area contributed by atoms with Crippen LogP contribution in [-0.4, -0.2) is 49.7 Å². The molecule has 0 spiro atoms. The minimum absolute atomic E-state index is 0.0978. The molecule has 0 radical (unpaired) electrons. The summed E-state index contributed by atoms with van der Waals surface area (Å²) in [5, 5.41) is 0.212. The number of furan rings is 1. The highest BCUT2D eigenvalue weighted by Crippen LogP contribution is 2.26. The van der Waals surface area contributed by atoms with Crippen LogP contribution in [0.3, 0.4) is 0 Å². The van der Waals surface area contributed by atoms with Gasteiger partial charge in [-0.25, -0.2) is 8.42 Å². The lowest BCUT2D eigenvalue weighted by Crippen LogP contribution is -2.50. The highest BCUT2D eigenvalue weighted by Gasteiger charge is 2.32. The summed E-state index contributed by atoms with van der Waals surface area (Å²) >= 11 is 6.10. The van der Waals surface area contributed by atoms with Crippen LogP contribution in [0.4, 0.5) is 0 Å². The van der Waals surface area contributed by atoms with Crippen LogP contribution in [0.1, 0.15) is 16.1 Å². The fourth-order valence-electron chi connectivity index (χ4n) is 2.64. The van der Waals surface area contributed by atoms with E-state index in [4.69, 9.17) is 16.0 Å². The Bertz CT molecular complexity index is 841. The number of sulfonamides is 1. The second kappa shape index (κ2) is 6.58. The largest absolute Gasteiger partial charge is 0.459 e. The molecule has 0 atom stereocenters. The molecule has 128 valence electrons. The molecule has 1 aromatic carbocycles. The van der Waals surface area contributed by atoms with E-state index in [0.29, 0.717) is 13.1 Å². The van der Waals surface area contributed by atoms with Crippen LogP contribution in [0.25, 0.3) is 0 Å². The van der Waals surface area contributed by atoms with E-state index in [1.165, 1.54) is 16.6 Å². The lowest BCUT2D eigenvalue weighted by atomic mass is 10.2. The molecule has 1 amide bonds. The Morgan fingerprint density at radius 2 is 1.88 bits per heavy atom. The summed E-state index contributed by atoms with van der Waals surface area (Å²) in [6.45, 7) is 2.91. The van der Waals surface area contributed by atoms with Gasteiger partial charge in [0.1, 0.15) is 4.90 Å². The number of piperazine rings is 1. The third-order valence-corrected chi connectivity index (χ3v) is 6.34. The first-order valence-corrected chi connectivity index (χ1v) is 9.30. The molecule has 0 aliphatic carbocycles.